The lowest BCUT2D eigenvalue weighted by Gasteiger charge is -2.09. The lowest BCUT2D eigenvalue weighted by Crippen LogP contribution is -2.21. The van der Waals surface area contributed by atoms with Crippen LogP contribution in [0.5, 0.6) is 5.75 Å². The number of carbonyl (C=O) groups is 1. The van der Waals surface area contributed by atoms with Crippen molar-refractivity contribution >= 4 is 34.1 Å². The topological polar surface area (TPSA) is 73.2 Å². The van der Waals surface area contributed by atoms with E-state index in [2.05, 4.69) is 10.3 Å². The Hall–Kier alpha value is -2.86. The number of anilines is 1. The zero-order valence-corrected chi connectivity index (χ0v) is 15.0. The van der Waals surface area contributed by atoms with Crippen molar-refractivity contribution in [2.75, 3.05) is 12.4 Å². The maximum Gasteiger partial charge on any atom is 0.261 e. The van der Waals surface area contributed by atoms with E-state index in [9.17, 15) is 9.59 Å². The van der Waals surface area contributed by atoms with Crippen LogP contribution in [0.4, 0.5) is 5.69 Å². The van der Waals surface area contributed by atoms with Crippen molar-refractivity contribution in [2.45, 2.75) is 19.4 Å². The molecule has 26 heavy (non-hydrogen) atoms. The van der Waals surface area contributed by atoms with Gasteiger partial charge in [0.2, 0.25) is 5.91 Å². The second-order valence-corrected chi connectivity index (χ2v) is 6.17. The Balaban J connectivity index is 1.58. The number of nitrogens with zero attached hydrogens (tertiary/aromatic N) is 2. The molecule has 1 amide bonds. The lowest BCUT2D eigenvalue weighted by molar-refractivity contribution is -0.116. The van der Waals surface area contributed by atoms with E-state index in [1.54, 1.807) is 30.3 Å². The molecule has 0 radical (unpaired) electrons. The van der Waals surface area contributed by atoms with E-state index in [1.807, 2.05) is 12.1 Å². The second kappa shape index (κ2) is 8.01. The zero-order valence-electron chi connectivity index (χ0n) is 14.2. The molecule has 6 nitrogen and oxygen atoms in total. The van der Waals surface area contributed by atoms with Gasteiger partial charge in [0.15, 0.2) is 0 Å². The molecular weight excluding hydrogens is 354 g/mol. The second-order valence-electron chi connectivity index (χ2n) is 5.76. The van der Waals surface area contributed by atoms with Gasteiger partial charge < -0.3 is 10.1 Å². The average molecular weight is 372 g/mol. The third-order valence-electron chi connectivity index (χ3n) is 3.97. The van der Waals surface area contributed by atoms with E-state index >= 15 is 0 Å². The highest BCUT2D eigenvalue weighted by Crippen LogP contribution is 2.27. The van der Waals surface area contributed by atoms with E-state index in [1.165, 1.54) is 18.0 Å². The van der Waals surface area contributed by atoms with Crippen LogP contribution in [0.3, 0.4) is 0 Å². The maximum absolute atomic E-state index is 12.4. The number of nitrogens with one attached hydrogen (secondary N) is 1. The number of hydrogen-bond acceptors (Lipinski definition) is 4. The van der Waals surface area contributed by atoms with Gasteiger partial charge in [0.05, 0.1) is 29.4 Å². The first-order valence-corrected chi connectivity index (χ1v) is 8.54. The van der Waals surface area contributed by atoms with E-state index in [-0.39, 0.29) is 17.9 Å². The quantitative estimate of drug-likeness (QED) is 0.720. The summed E-state index contributed by atoms with van der Waals surface area (Å²) >= 11 is 6.04. The highest BCUT2D eigenvalue weighted by atomic mass is 35.5. The highest BCUT2D eigenvalue weighted by Gasteiger charge is 2.07. The maximum atomic E-state index is 12.4. The van der Waals surface area contributed by atoms with Gasteiger partial charge in [-0.25, -0.2) is 4.98 Å². The monoisotopic (exact) mass is 371 g/mol. The Morgan fingerprint density at radius 2 is 2.08 bits per heavy atom. The minimum absolute atomic E-state index is 0.0991. The summed E-state index contributed by atoms with van der Waals surface area (Å²) in [6, 6.07) is 12.3. The molecule has 0 spiro atoms. The fraction of sp³-hybridized carbons (Fsp3) is 0.211. The van der Waals surface area contributed by atoms with Crippen LogP contribution in [0.25, 0.3) is 10.9 Å². The number of ether oxygens (including phenoxy) is 1. The summed E-state index contributed by atoms with van der Waals surface area (Å²) in [6.07, 6.45) is 2.32. The molecule has 7 heteroatoms. The van der Waals surface area contributed by atoms with Crippen LogP contribution in [-0.4, -0.2) is 22.6 Å². The van der Waals surface area contributed by atoms with Crippen LogP contribution in [0, 0.1) is 0 Å². The number of halogens is 1. The van der Waals surface area contributed by atoms with Crippen LogP contribution >= 0.6 is 11.6 Å². The van der Waals surface area contributed by atoms with Gasteiger partial charge in [0.25, 0.3) is 5.56 Å². The number of fused-ring (bicyclic) bond motifs is 1. The molecule has 0 bridgehead atoms. The standard InChI is InChI=1S/C19H18ClN3O3/c1-26-17-9-8-13(11-15(17)20)22-18(24)7-4-10-23-12-21-16-6-3-2-5-14(16)19(23)25/h2-3,5-6,8-9,11-12H,4,7,10H2,1H3,(H,22,24). The van der Waals surface area contributed by atoms with E-state index in [0.717, 1.165) is 0 Å². The fourth-order valence-electron chi connectivity index (χ4n) is 2.64. The predicted octanol–water partition coefficient (Wildman–Crippen LogP) is 3.48. The Morgan fingerprint density at radius 1 is 1.27 bits per heavy atom. The molecule has 2 aromatic carbocycles. The summed E-state index contributed by atoms with van der Waals surface area (Å²) < 4.78 is 6.61. The number of carbonyl (C=O) groups excluding carboxylic acids is 1. The molecule has 0 aliphatic rings. The number of benzene rings is 2. The number of para-hydroxylation sites is 1. The number of methoxy groups -OCH3 is 1. The number of rotatable bonds is 6. The molecule has 0 aliphatic heterocycles. The van der Waals surface area contributed by atoms with Crippen molar-refractivity contribution in [3.8, 4) is 5.75 Å². The molecule has 1 heterocycles. The Kier molecular flexibility index (Phi) is 5.53. The normalized spacial score (nSPS) is 10.7. The van der Waals surface area contributed by atoms with Gasteiger partial charge in [-0.15, -0.1) is 0 Å². The molecule has 134 valence electrons. The van der Waals surface area contributed by atoms with Gasteiger partial charge in [0.1, 0.15) is 5.75 Å². The van der Waals surface area contributed by atoms with Crippen molar-refractivity contribution in [2.24, 2.45) is 0 Å². The molecule has 0 saturated heterocycles. The molecule has 0 fully saturated rings. The van der Waals surface area contributed by atoms with E-state index in [0.29, 0.717) is 40.3 Å². The van der Waals surface area contributed by atoms with Crippen molar-refractivity contribution in [1.82, 2.24) is 9.55 Å². The Morgan fingerprint density at radius 3 is 2.85 bits per heavy atom. The molecule has 3 aromatic rings. The number of aryl methyl sites for hydroxylation is 1. The molecule has 1 aromatic heterocycles. The van der Waals surface area contributed by atoms with E-state index in [4.69, 9.17) is 16.3 Å². The third-order valence-corrected chi connectivity index (χ3v) is 4.27. The first-order chi connectivity index (χ1) is 12.6. The van der Waals surface area contributed by atoms with Gasteiger partial charge in [-0.05, 0) is 36.8 Å². The molecule has 0 atom stereocenters. The van der Waals surface area contributed by atoms with Crippen molar-refractivity contribution < 1.29 is 9.53 Å². The molecule has 0 saturated carbocycles. The first kappa shape index (κ1) is 17.9. The van der Waals surface area contributed by atoms with E-state index < -0.39 is 0 Å². The predicted molar refractivity (Wildman–Crippen MR) is 102 cm³/mol. The minimum atomic E-state index is -0.145. The third kappa shape index (κ3) is 4.03. The summed E-state index contributed by atoms with van der Waals surface area (Å²) in [5.74, 6) is 0.404. The average Bonchev–Trinajstić information content (AvgIpc) is 2.64. The Labute approximate surface area is 155 Å². The smallest absolute Gasteiger partial charge is 0.261 e. The van der Waals surface area contributed by atoms with Crippen LogP contribution in [0.15, 0.2) is 53.6 Å². The van der Waals surface area contributed by atoms with Gasteiger partial charge in [-0.1, -0.05) is 23.7 Å². The summed E-state index contributed by atoms with van der Waals surface area (Å²) in [5.41, 5.74) is 1.17. The van der Waals surface area contributed by atoms with Crippen molar-refractivity contribution in [3.05, 3.63) is 64.2 Å². The zero-order chi connectivity index (χ0) is 18.5. The number of hydrogen-bond donors (Lipinski definition) is 1. The highest BCUT2D eigenvalue weighted by molar-refractivity contribution is 6.32. The van der Waals surface area contributed by atoms with Crippen LogP contribution < -0.4 is 15.6 Å². The van der Waals surface area contributed by atoms with Crippen LogP contribution in [0.1, 0.15) is 12.8 Å². The van der Waals surface area contributed by atoms with Gasteiger partial charge in [0, 0.05) is 18.7 Å². The first-order valence-electron chi connectivity index (χ1n) is 8.16. The van der Waals surface area contributed by atoms with Crippen molar-refractivity contribution in [3.63, 3.8) is 0 Å². The lowest BCUT2D eigenvalue weighted by atomic mass is 10.2. The molecule has 0 aliphatic carbocycles. The molecular formula is C19H18ClN3O3. The SMILES string of the molecule is COc1ccc(NC(=O)CCCn2cnc3ccccc3c2=O)cc1Cl. The summed E-state index contributed by atoms with van der Waals surface area (Å²) in [6.45, 7) is 0.424. The van der Waals surface area contributed by atoms with Gasteiger partial charge in [-0.2, -0.15) is 0 Å². The summed E-state index contributed by atoms with van der Waals surface area (Å²) in [5, 5.41) is 3.79. The summed E-state index contributed by atoms with van der Waals surface area (Å²) in [4.78, 5) is 28.7. The molecule has 0 unspecified atom stereocenters. The largest absolute Gasteiger partial charge is 0.495 e. The minimum Gasteiger partial charge on any atom is -0.495 e. The molecule has 1 N–H and O–H groups in total. The number of aromatic nitrogens is 2. The van der Waals surface area contributed by atoms with Gasteiger partial charge >= 0.3 is 0 Å². The van der Waals surface area contributed by atoms with Crippen molar-refractivity contribution in [1.29, 1.82) is 0 Å². The molecule has 3 rings (SSSR count). The van der Waals surface area contributed by atoms with Crippen LogP contribution in [0.2, 0.25) is 5.02 Å². The van der Waals surface area contributed by atoms with Crippen LogP contribution in [-0.2, 0) is 11.3 Å². The summed E-state index contributed by atoms with van der Waals surface area (Å²) in [7, 11) is 1.53. The fourth-order valence-corrected chi connectivity index (χ4v) is 2.90. The van der Waals surface area contributed by atoms with Gasteiger partial charge in [-0.3, -0.25) is 14.2 Å². The Bertz CT molecular complexity index is 1000. The number of amides is 1.